The smallest absolute Gasteiger partial charge is 0.238 e. The molecule has 1 aliphatic rings. The van der Waals surface area contributed by atoms with Crippen LogP contribution >= 0.6 is 0 Å². The molecule has 7 nitrogen and oxygen atoms in total. The fraction of sp³-hybridized carbons (Fsp3) is 0.217. The van der Waals surface area contributed by atoms with Crippen molar-refractivity contribution in [1.82, 2.24) is 29.3 Å². The van der Waals surface area contributed by atoms with Gasteiger partial charge in [-0.25, -0.2) is 24.0 Å². The summed E-state index contributed by atoms with van der Waals surface area (Å²) in [5.41, 5.74) is 3.53. The SMILES string of the molecule is COc1nc(C=Cc2nc3n(n2)CC[C@@H]3c2ccc(F)cc2)ccc1-n1cnc(C)c1. The molecule has 4 aromatic rings. The molecule has 0 fully saturated rings. The maximum Gasteiger partial charge on any atom is 0.238 e. The second kappa shape index (κ2) is 7.79. The fourth-order valence-corrected chi connectivity index (χ4v) is 3.86. The van der Waals surface area contributed by atoms with Crippen LogP contribution in [0.5, 0.6) is 5.88 Å². The van der Waals surface area contributed by atoms with Crippen LogP contribution in [0, 0.1) is 12.7 Å². The van der Waals surface area contributed by atoms with Gasteiger partial charge in [-0.15, -0.1) is 0 Å². The Morgan fingerprint density at radius 1 is 1.10 bits per heavy atom. The van der Waals surface area contributed by atoms with Crippen LogP contribution in [0.1, 0.15) is 40.9 Å². The van der Waals surface area contributed by atoms with Crippen LogP contribution < -0.4 is 4.74 Å². The van der Waals surface area contributed by atoms with Crippen molar-refractivity contribution in [2.75, 3.05) is 7.11 Å². The summed E-state index contributed by atoms with van der Waals surface area (Å²) < 4.78 is 22.5. The van der Waals surface area contributed by atoms with Crippen molar-refractivity contribution in [3.63, 3.8) is 0 Å². The van der Waals surface area contributed by atoms with E-state index in [0.29, 0.717) is 11.7 Å². The Hall–Kier alpha value is -3.81. The summed E-state index contributed by atoms with van der Waals surface area (Å²) in [6.07, 6.45) is 8.28. The Morgan fingerprint density at radius 3 is 2.68 bits per heavy atom. The number of hydrogen-bond donors (Lipinski definition) is 0. The van der Waals surface area contributed by atoms with E-state index in [1.807, 2.05) is 58.8 Å². The average Bonchev–Trinajstić information content (AvgIpc) is 3.48. The number of fused-ring (bicyclic) bond motifs is 1. The van der Waals surface area contributed by atoms with Gasteiger partial charge in [0, 0.05) is 18.7 Å². The number of hydrogen-bond acceptors (Lipinski definition) is 5. The van der Waals surface area contributed by atoms with Gasteiger partial charge in [-0.2, -0.15) is 5.10 Å². The first-order valence-corrected chi connectivity index (χ1v) is 10.0. The van der Waals surface area contributed by atoms with Crippen LogP contribution in [0.4, 0.5) is 4.39 Å². The molecule has 0 spiro atoms. The molecular formula is C23H21FN6O. The van der Waals surface area contributed by atoms with Gasteiger partial charge in [0.1, 0.15) is 17.3 Å². The number of aryl methyl sites for hydroxylation is 2. The molecule has 5 rings (SSSR count). The van der Waals surface area contributed by atoms with Crippen LogP contribution in [0.15, 0.2) is 48.9 Å². The van der Waals surface area contributed by atoms with Gasteiger partial charge in [-0.05, 0) is 55.3 Å². The van der Waals surface area contributed by atoms with Gasteiger partial charge in [0.15, 0.2) is 5.82 Å². The number of halogens is 1. The highest BCUT2D eigenvalue weighted by atomic mass is 19.1. The van der Waals surface area contributed by atoms with E-state index in [0.717, 1.165) is 41.4 Å². The van der Waals surface area contributed by atoms with E-state index in [1.54, 1.807) is 13.4 Å². The lowest BCUT2D eigenvalue weighted by molar-refractivity contribution is 0.395. The minimum atomic E-state index is -0.232. The molecule has 0 unspecified atom stereocenters. The first-order valence-electron chi connectivity index (χ1n) is 10.0. The van der Waals surface area contributed by atoms with Crippen molar-refractivity contribution >= 4 is 12.2 Å². The van der Waals surface area contributed by atoms with Crippen molar-refractivity contribution in [2.24, 2.45) is 0 Å². The van der Waals surface area contributed by atoms with E-state index in [1.165, 1.54) is 12.1 Å². The van der Waals surface area contributed by atoms with Crippen LogP contribution in [0.3, 0.4) is 0 Å². The van der Waals surface area contributed by atoms with Gasteiger partial charge in [-0.1, -0.05) is 12.1 Å². The third-order valence-electron chi connectivity index (χ3n) is 5.38. The van der Waals surface area contributed by atoms with E-state index < -0.39 is 0 Å². The highest BCUT2D eigenvalue weighted by molar-refractivity contribution is 5.65. The van der Waals surface area contributed by atoms with Crippen molar-refractivity contribution in [1.29, 1.82) is 0 Å². The van der Waals surface area contributed by atoms with Gasteiger partial charge in [-0.3, -0.25) is 0 Å². The standard InChI is InChI=1S/C23H21FN6O/c1-15-13-29(14-25-15)20-9-7-18(26-23(20)31-2)8-10-21-27-22-19(11-12-30(22)28-21)16-3-5-17(24)6-4-16/h3-10,13-14,19H,11-12H2,1-2H3/t19-/m1/s1. The first-order chi connectivity index (χ1) is 15.1. The van der Waals surface area contributed by atoms with Gasteiger partial charge < -0.3 is 9.30 Å². The Labute approximate surface area is 178 Å². The molecule has 8 heteroatoms. The second-order valence-electron chi connectivity index (χ2n) is 7.46. The summed E-state index contributed by atoms with van der Waals surface area (Å²) in [7, 11) is 1.60. The highest BCUT2D eigenvalue weighted by Gasteiger charge is 2.27. The Bertz CT molecular complexity index is 1260. The lowest BCUT2D eigenvalue weighted by atomic mass is 9.97. The molecule has 0 bridgehead atoms. The van der Waals surface area contributed by atoms with Crippen LogP contribution in [-0.2, 0) is 6.54 Å². The summed E-state index contributed by atoms with van der Waals surface area (Å²) in [6.45, 7) is 2.73. The quantitative estimate of drug-likeness (QED) is 0.491. The van der Waals surface area contributed by atoms with Crippen molar-refractivity contribution in [3.8, 4) is 11.6 Å². The zero-order chi connectivity index (χ0) is 21.4. The van der Waals surface area contributed by atoms with E-state index in [4.69, 9.17) is 9.72 Å². The monoisotopic (exact) mass is 416 g/mol. The lowest BCUT2D eigenvalue weighted by Gasteiger charge is -2.08. The summed E-state index contributed by atoms with van der Waals surface area (Å²) in [5.74, 6) is 1.94. The minimum Gasteiger partial charge on any atom is -0.479 e. The fourth-order valence-electron chi connectivity index (χ4n) is 3.86. The predicted molar refractivity (Wildman–Crippen MR) is 114 cm³/mol. The van der Waals surface area contributed by atoms with Gasteiger partial charge in [0.25, 0.3) is 0 Å². The number of nitrogens with zero attached hydrogens (tertiary/aromatic N) is 6. The van der Waals surface area contributed by atoms with Crippen molar-refractivity contribution < 1.29 is 9.13 Å². The van der Waals surface area contributed by atoms with Crippen LogP contribution in [0.25, 0.3) is 17.8 Å². The van der Waals surface area contributed by atoms with Crippen LogP contribution in [-0.4, -0.2) is 36.4 Å². The number of aromatic nitrogens is 6. The van der Waals surface area contributed by atoms with Crippen molar-refractivity contribution in [3.05, 3.63) is 83.3 Å². The first kappa shape index (κ1) is 19.2. The molecule has 0 amide bonds. The molecule has 4 heterocycles. The molecule has 3 aromatic heterocycles. The zero-order valence-electron chi connectivity index (χ0n) is 17.2. The average molecular weight is 416 g/mol. The summed E-state index contributed by atoms with van der Waals surface area (Å²) >= 11 is 0. The molecule has 1 aromatic carbocycles. The van der Waals surface area contributed by atoms with Gasteiger partial charge in [0.2, 0.25) is 5.88 Å². The third kappa shape index (κ3) is 3.72. The highest BCUT2D eigenvalue weighted by Crippen LogP contribution is 2.33. The summed E-state index contributed by atoms with van der Waals surface area (Å²) in [4.78, 5) is 13.5. The molecule has 156 valence electrons. The molecular weight excluding hydrogens is 395 g/mol. The number of pyridine rings is 1. The lowest BCUT2D eigenvalue weighted by Crippen LogP contribution is -1.99. The van der Waals surface area contributed by atoms with E-state index in [9.17, 15) is 4.39 Å². The van der Waals surface area contributed by atoms with Crippen LogP contribution in [0.2, 0.25) is 0 Å². The molecule has 0 radical (unpaired) electrons. The number of ether oxygens (including phenoxy) is 1. The van der Waals surface area contributed by atoms with E-state index >= 15 is 0 Å². The predicted octanol–water partition coefficient (Wildman–Crippen LogP) is 4.02. The minimum absolute atomic E-state index is 0.131. The van der Waals surface area contributed by atoms with Gasteiger partial charge >= 0.3 is 0 Å². The Kier molecular flexibility index (Phi) is 4.82. The number of methoxy groups -OCH3 is 1. The molecule has 0 saturated carbocycles. The van der Waals surface area contributed by atoms with E-state index in [2.05, 4.69) is 15.1 Å². The Balaban J connectivity index is 1.38. The summed E-state index contributed by atoms with van der Waals surface area (Å²) in [6, 6.07) is 10.5. The molecule has 1 atom stereocenters. The van der Waals surface area contributed by atoms with E-state index in [-0.39, 0.29) is 11.7 Å². The maximum atomic E-state index is 13.3. The normalized spacial score (nSPS) is 15.5. The molecule has 0 saturated heterocycles. The summed E-state index contributed by atoms with van der Waals surface area (Å²) in [5, 5.41) is 4.58. The topological polar surface area (TPSA) is 70.7 Å². The number of rotatable bonds is 5. The van der Waals surface area contributed by atoms with Crippen molar-refractivity contribution in [2.45, 2.75) is 25.8 Å². The third-order valence-corrected chi connectivity index (χ3v) is 5.38. The number of imidazole rings is 1. The molecule has 0 N–H and O–H groups in total. The largest absolute Gasteiger partial charge is 0.479 e. The van der Waals surface area contributed by atoms with Gasteiger partial charge in [0.05, 0.1) is 24.8 Å². The second-order valence-corrected chi connectivity index (χ2v) is 7.46. The zero-order valence-corrected chi connectivity index (χ0v) is 17.2. The molecule has 31 heavy (non-hydrogen) atoms. The molecule has 1 aliphatic heterocycles. The maximum absolute atomic E-state index is 13.3. The Morgan fingerprint density at radius 2 is 1.94 bits per heavy atom. The number of benzene rings is 1. The molecule has 0 aliphatic carbocycles.